The normalized spacial score (nSPS) is 0. The van der Waals surface area contributed by atoms with Crippen LogP contribution in [0.2, 0.25) is 0 Å². The second kappa shape index (κ2) is 59.2. The fourth-order valence-electron chi connectivity index (χ4n) is 0. The number of hydrogen-bond donors (Lipinski definition) is 0. The Hall–Kier alpha value is 7.19. The molecule has 0 aromatic rings. The Morgan fingerprint density at radius 3 is 0.222 bits per heavy atom. The minimum absolute atomic E-state index is 0. The van der Waals surface area contributed by atoms with E-state index in [1.54, 1.807) is 0 Å². The van der Waals surface area contributed by atoms with Crippen molar-refractivity contribution in [2.75, 3.05) is 0 Å². The van der Waals surface area contributed by atoms with Crippen LogP contribution in [-0.4, -0.2) is 215 Å². The first kappa shape index (κ1) is 72.3. The molecule has 9 heavy (non-hydrogen) atoms. The maximum atomic E-state index is 0. The molecule has 0 aliphatic heterocycles. The molecule has 9 heteroatoms. The van der Waals surface area contributed by atoms with Crippen LogP contribution in [0.1, 0.15) is 0 Å². The zero-order chi connectivity index (χ0) is 0. The molecule has 0 N–H and O–H groups in total. The van der Waals surface area contributed by atoms with Crippen molar-refractivity contribution in [3.8, 4) is 0 Å². The van der Waals surface area contributed by atoms with E-state index in [0.29, 0.717) is 0 Å². The van der Waals surface area contributed by atoms with E-state index in [0.717, 1.165) is 0 Å². The molecule has 0 bridgehead atoms. The molecule has 0 saturated carbocycles. The summed E-state index contributed by atoms with van der Waals surface area (Å²) in [6.45, 7) is 0. The molecule has 56 valence electrons. The first-order valence-electron chi connectivity index (χ1n) is 0. The van der Waals surface area contributed by atoms with Gasteiger partial charge in [0.05, 0.1) is 0 Å². The predicted octanol–water partition coefficient (Wildman–Crippen LogP) is -8.78. The second-order valence-electron chi connectivity index (χ2n) is 0. The number of rotatable bonds is 0. The van der Waals surface area contributed by atoms with E-state index in [4.69, 9.17) is 0 Å². The Morgan fingerprint density at radius 1 is 0.222 bits per heavy atom. The summed E-state index contributed by atoms with van der Waals surface area (Å²) in [6, 6.07) is 0. The average molecular weight is 1090 g/mol. The maximum absolute atomic E-state index is 0. The van der Waals surface area contributed by atoms with E-state index in [9.17, 15) is 0 Å². The zero-order valence-corrected chi connectivity index (χ0v) is 46.6. The third-order valence-corrected chi connectivity index (χ3v) is 0. The van der Waals surface area contributed by atoms with Crippen LogP contribution in [0.5, 0.6) is 0 Å². The van der Waals surface area contributed by atoms with Gasteiger partial charge < -0.3 is 0 Å². The fraction of sp³-hybridized carbons (Fsp3) is 0. The molecule has 0 atom stereocenters. The van der Waals surface area contributed by atoms with Gasteiger partial charge in [0.15, 0.2) is 0 Å². The molecule has 0 saturated heterocycles. The van der Waals surface area contributed by atoms with Crippen LogP contribution in [0, 0.1) is 0 Å². The molecule has 0 aliphatic carbocycles. The van der Waals surface area contributed by atoms with Crippen molar-refractivity contribution < 1.29 is 0 Å². The molecule has 16 radical (unpaired) electrons. The molecule has 0 nitrogen and oxygen atoms in total. The van der Waals surface area contributed by atoms with Crippen molar-refractivity contribution in [2.24, 2.45) is 0 Å². The Kier molecular flexibility index (Phi) is 475. The third kappa shape index (κ3) is 51.1. The van der Waals surface area contributed by atoms with Crippen molar-refractivity contribution in [2.45, 2.75) is 0 Å². The minimum atomic E-state index is 0. The SMILES string of the molecule is [SnH2].[SnH2].[SnH2].[SnH2].[SnH2].[SnH2].[SnH2].[SnH3].[SnH3]. The first-order chi connectivity index (χ1) is 0. The molecule has 0 aromatic carbocycles. The summed E-state index contributed by atoms with van der Waals surface area (Å²) >= 11 is 0. The van der Waals surface area contributed by atoms with Crippen LogP contribution in [0.15, 0.2) is 0 Å². The van der Waals surface area contributed by atoms with E-state index in [2.05, 4.69) is 0 Å². The summed E-state index contributed by atoms with van der Waals surface area (Å²) in [5.74, 6) is 0. The third-order valence-electron chi connectivity index (χ3n) is 0. The van der Waals surface area contributed by atoms with Crippen LogP contribution in [-0.2, 0) is 0 Å². The van der Waals surface area contributed by atoms with Gasteiger partial charge in [0, 0.05) is 0 Å². The van der Waals surface area contributed by atoms with Gasteiger partial charge in [-0.3, -0.25) is 0 Å². The molecule has 0 aliphatic rings. The van der Waals surface area contributed by atoms with E-state index in [1.165, 1.54) is 0 Å². The molecule has 0 fully saturated rings. The van der Waals surface area contributed by atoms with Crippen LogP contribution >= 0.6 is 0 Å². The summed E-state index contributed by atoms with van der Waals surface area (Å²) < 4.78 is 0. The van der Waals surface area contributed by atoms with E-state index >= 15 is 0 Å². The van der Waals surface area contributed by atoms with Crippen molar-refractivity contribution in [1.29, 1.82) is 0 Å². The van der Waals surface area contributed by atoms with Crippen LogP contribution in [0.3, 0.4) is 0 Å². The quantitative estimate of drug-likeness (QED) is 0.212. The number of hydrogen-bond acceptors (Lipinski definition) is 0. The Morgan fingerprint density at radius 2 is 0.222 bits per heavy atom. The summed E-state index contributed by atoms with van der Waals surface area (Å²) in [4.78, 5) is 0. The molecule has 0 heterocycles. The van der Waals surface area contributed by atoms with Gasteiger partial charge in [-0.2, -0.15) is 0 Å². The Bertz CT molecular complexity index is 0. The standard InChI is InChI=1S/9Sn.20H. The summed E-state index contributed by atoms with van der Waals surface area (Å²) in [6.07, 6.45) is 0. The monoisotopic (exact) mass is 1100 g/mol. The van der Waals surface area contributed by atoms with Gasteiger partial charge in [0.1, 0.15) is 0 Å². The second-order valence-corrected chi connectivity index (χ2v) is 0. The summed E-state index contributed by atoms with van der Waals surface area (Å²) in [7, 11) is 0. The van der Waals surface area contributed by atoms with Crippen LogP contribution in [0.4, 0.5) is 0 Å². The van der Waals surface area contributed by atoms with Crippen molar-refractivity contribution >= 4 is 215 Å². The van der Waals surface area contributed by atoms with Gasteiger partial charge in [-0.25, -0.2) is 0 Å². The van der Waals surface area contributed by atoms with Crippen molar-refractivity contribution in [3.63, 3.8) is 0 Å². The first-order valence-corrected chi connectivity index (χ1v) is 0. The zero-order valence-electron chi connectivity index (χ0n) is 6.95. The summed E-state index contributed by atoms with van der Waals surface area (Å²) in [5.41, 5.74) is 0. The van der Waals surface area contributed by atoms with Gasteiger partial charge >= 0.3 is 215 Å². The molecular weight excluding hydrogens is 1070 g/mol. The van der Waals surface area contributed by atoms with E-state index in [1.807, 2.05) is 0 Å². The van der Waals surface area contributed by atoms with Crippen LogP contribution in [0.25, 0.3) is 0 Å². The molecular formula is H20Sn9. The van der Waals surface area contributed by atoms with Crippen molar-refractivity contribution in [1.82, 2.24) is 0 Å². The molecule has 0 unspecified atom stereocenters. The predicted molar refractivity (Wildman–Crippen MR) is 79.7 cm³/mol. The Balaban J connectivity index is 0. The van der Waals surface area contributed by atoms with E-state index < -0.39 is 0 Å². The van der Waals surface area contributed by atoms with Gasteiger partial charge in [-0.15, -0.1) is 0 Å². The van der Waals surface area contributed by atoms with Gasteiger partial charge in [0.25, 0.3) is 0 Å². The molecule has 0 aromatic heterocycles. The van der Waals surface area contributed by atoms with Gasteiger partial charge in [0.2, 0.25) is 0 Å². The topological polar surface area (TPSA) is 0 Å². The molecule has 0 rings (SSSR count). The molecule has 0 amide bonds. The summed E-state index contributed by atoms with van der Waals surface area (Å²) in [5, 5.41) is 0. The Labute approximate surface area is 209 Å². The van der Waals surface area contributed by atoms with Gasteiger partial charge in [-0.1, -0.05) is 0 Å². The molecule has 0 spiro atoms. The van der Waals surface area contributed by atoms with Crippen molar-refractivity contribution in [3.05, 3.63) is 0 Å². The van der Waals surface area contributed by atoms with Gasteiger partial charge in [-0.05, 0) is 0 Å². The van der Waals surface area contributed by atoms with Crippen LogP contribution < -0.4 is 0 Å². The fourth-order valence-corrected chi connectivity index (χ4v) is 0. The average Bonchev–Trinajstić information content (AvgIpc) is 0. The van der Waals surface area contributed by atoms with E-state index in [-0.39, 0.29) is 215 Å².